The smallest absolute Gasteiger partial charge is 0.133 e. The number of nitrogens with one attached hydrogen (secondary N) is 2. The quantitative estimate of drug-likeness (QED) is 0.596. The molecule has 0 spiro atoms. The number of hydrogen-bond acceptors (Lipinski definition) is 3. The van der Waals surface area contributed by atoms with Crippen molar-refractivity contribution in [2.45, 2.75) is 19.8 Å². The van der Waals surface area contributed by atoms with E-state index in [0.29, 0.717) is 11.7 Å². The zero-order valence-electron chi connectivity index (χ0n) is 11.9. The van der Waals surface area contributed by atoms with Crippen molar-refractivity contribution in [1.82, 2.24) is 10.6 Å². The number of Topliss-reactive ketones (excluding diaryl/α,β-unsaturated/α-hetero) is 1. The molecule has 0 aromatic rings. The lowest BCUT2D eigenvalue weighted by atomic mass is 9.95. The molecule has 1 aliphatic heterocycles. The standard InChI is InChI=1S/C7H13NO.C4H9N.C4H6/c1-6(9)7-2-4-8-5-3-7;1-3-4-5-2;1-3-4-2/h7-8H,2-5H2,1H3;3,5H,1,4H2,2H3;3-4H,1-2H2. The Morgan fingerprint density at radius 3 is 1.94 bits per heavy atom. The van der Waals surface area contributed by atoms with Crippen LogP contribution >= 0.6 is 0 Å². The molecule has 0 amide bonds. The second kappa shape index (κ2) is 15.8. The minimum Gasteiger partial charge on any atom is -0.317 e. The molecule has 3 heteroatoms. The van der Waals surface area contributed by atoms with Crippen molar-refractivity contribution in [2.24, 2.45) is 5.92 Å². The Labute approximate surface area is 112 Å². The van der Waals surface area contributed by atoms with Crippen LogP contribution in [0.1, 0.15) is 19.8 Å². The van der Waals surface area contributed by atoms with E-state index in [2.05, 4.69) is 30.4 Å². The monoisotopic (exact) mass is 252 g/mol. The maximum atomic E-state index is 10.8. The first-order valence-electron chi connectivity index (χ1n) is 6.34. The fourth-order valence-electron chi connectivity index (χ4n) is 1.37. The van der Waals surface area contributed by atoms with Gasteiger partial charge in [0.05, 0.1) is 0 Å². The summed E-state index contributed by atoms with van der Waals surface area (Å²) in [6.45, 7) is 14.8. The zero-order valence-corrected chi connectivity index (χ0v) is 11.9. The van der Waals surface area contributed by atoms with Crippen LogP contribution in [0.25, 0.3) is 0 Å². The largest absolute Gasteiger partial charge is 0.317 e. The Morgan fingerprint density at radius 2 is 1.78 bits per heavy atom. The van der Waals surface area contributed by atoms with Gasteiger partial charge in [0, 0.05) is 12.5 Å². The molecule has 0 radical (unpaired) electrons. The number of allylic oxidation sites excluding steroid dienone is 2. The van der Waals surface area contributed by atoms with Crippen LogP contribution in [0.4, 0.5) is 0 Å². The van der Waals surface area contributed by atoms with E-state index < -0.39 is 0 Å². The molecule has 1 fully saturated rings. The number of rotatable bonds is 4. The third-order valence-electron chi connectivity index (χ3n) is 2.43. The fraction of sp³-hybridized carbons (Fsp3) is 0.533. The van der Waals surface area contributed by atoms with Gasteiger partial charge in [-0.25, -0.2) is 0 Å². The van der Waals surface area contributed by atoms with Crippen LogP contribution in [0.3, 0.4) is 0 Å². The van der Waals surface area contributed by atoms with Gasteiger partial charge in [-0.05, 0) is 39.9 Å². The van der Waals surface area contributed by atoms with E-state index in [1.54, 1.807) is 19.1 Å². The molecule has 0 aromatic carbocycles. The van der Waals surface area contributed by atoms with Crippen molar-refractivity contribution in [3.8, 4) is 0 Å². The summed E-state index contributed by atoms with van der Waals surface area (Å²) in [6, 6.07) is 0. The Morgan fingerprint density at radius 1 is 1.28 bits per heavy atom. The molecule has 1 aliphatic rings. The zero-order chi connectivity index (χ0) is 14.2. The van der Waals surface area contributed by atoms with Gasteiger partial charge < -0.3 is 10.6 Å². The van der Waals surface area contributed by atoms with Gasteiger partial charge in [0.25, 0.3) is 0 Å². The van der Waals surface area contributed by atoms with E-state index in [-0.39, 0.29) is 0 Å². The molecule has 0 saturated carbocycles. The normalized spacial score (nSPS) is 14.1. The first-order chi connectivity index (χ1) is 8.63. The maximum absolute atomic E-state index is 10.8. The van der Waals surface area contributed by atoms with E-state index >= 15 is 0 Å². The average molecular weight is 252 g/mol. The number of carbonyl (C=O) groups is 1. The molecule has 1 saturated heterocycles. The lowest BCUT2D eigenvalue weighted by Gasteiger charge is -2.19. The molecule has 18 heavy (non-hydrogen) atoms. The molecule has 0 aromatic heterocycles. The number of piperidine rings is 1. The first-order valence-corrected chi connectivity index (χ1v) is 6.34. The third-order valence-corrected chi connectivity index (χ3v) is 2.43. The molecule has 0 aliphatic carbocycles. The molecule has 1 rings (SSSR count). The van der Waals surface area contributed by atoms with Gasteiger partial charge in [-0.3, -0.25) is 4.79 Å². The van der Waals surface area contributed by atoms with Crippen molar-refractivity contribution in [3.63, 3.8) is 0 Å². The maximum Gasteiger partial charge on any atom is 0.133 e. The van der Waals surface area contributed by atoms with Gasteiger partial charge in [0.2, 0.25) is 0 Å². The highest BCUT2D eigenvalue weighted by Gasteiger charge is 2.16. The van der Waals surface area contributed by atoms with E-state index in [9.17, 15) is 4.79 Å². The van der Waals surface area contributed by atoms with Gasteiger partial charge in [-0.15, -0.1) is 6.58 Å². The molecular weight excluding hydrogens is 224 g/mol. The number of hydrogen-bond donors (Lipinski definition) is 2. The summed E-state index contributed by atoms with van der Waals surface area (Å²) in [5.74, 6) is 0.711. The second-order valence-corrected chi connectivity index (χ2v) is 3.95. The Hall–Kier alpha value is -1.19. The summed E-state index contributed by atoms with van der Waals surface area (Å²) in [5, 5.41) is 6.12. The minimum absolute atomic E-state index is 0.353. The number of likely N-dealkylation sites (N-methyl/N-ethyl adjacent to an activating group) is 1. The molecule has 2 N–H and O–H groups in total. The molecule has 104 valence electrons. The topological polar surface area (TPSA) is 41.1 Å². The SMILES string of the molecule is C=CC=C.C=CCNC.CC(=O)C1CCNCC1. The predicted molar refractivity (Wildman–Crippen MR) is 80.8 cm³/mol. The van der Waals surface area contributed by atoms with Crippen LogP contribution < -0.4 is 10.6 Å². The minimum atomic E-state index is 0.353. The average Bonchev–Trinajstić information content (AvgIpc) is 2.41. The van der Waals surface area contributed by atoms with Crippen molar-refractivity contribution in [1.29, 1.82) is 0 Å². The highest BCUT2D eigenvalue weighted by Crippen LogP contribution is 2.11. The molecular formula is C15H28N2O. The molecule has 1 heterocycles. The Bertz CT molecular complexity index is 225. The van der Waals surface area contributed by atoms with Crippen LogP contribution in [0.5, 0.6) is 0 Å². The van der Waals surface area contributed by atoms with Crippen molar-refractivity contribution in [2.75, 3.05) is 26.7 Å². The summed E-state index contributed by atoms with van der Waals surface area (Å²) in [4.78, 5) is 10.8. The van der Waals surface area contributed by atoms with Gasteiger partial charge in [0.15, 0.2) is 0 Å². The van der Waals surface area contributed by atoms with Gasteiger partial charge in [-0.2, -0.15) is 0 Å². The lowest BCUT2D eigenvalue weighted by molar-refractivity contribution is -0.121. The van der Waals surface area contributed by atoms with Crippen LogP contribution in [0, 0.1) is 5.92 Å². The van der Waals surface area contributed by atoms with Gasteiger partial charge >= 0.3 is 0 Å². The highest BCUT2D eigenvalue weighted by atomic mass is 16.1. The summed E-state index contributed by atoms with van der Waals surface area (Å²) in [6.07, 6.45) is 7.17. The summed E-state index contributed by atoms with van der Waals surface area (Å²) in [7, 11) is 1.89. The van der Waals surface area contributed by atoms with Crippen LogP contribution in [-0.4, -0.2) is 32.5 Å². The number of carbonyl (C=O) groups excluding carboxylic acids is 1. The van der Waals surface area contributed by atoms with Crippen LogP contribution in [-0.2, 0) is 4.79 Å². The van der Waals surface area contributed by atoms with Crippen molar-refractivity contribution in [3.05, 3.63) is 38.0 Å². The number of ketones is 1. The van der Waals surface area contributed by atoms with Crippen LogP contribution in [0.15, 0.2) is 38.0 Å². The predicted octanol–water partition coefficient (Wildman–Crippen LogP) is 2.33. The van der Waals surface area contributed by atoms with Crippen LogP contribution in [0.2, 0.25) is 0 Å². The second-order valence-electron chi connectivity index (χ2n) is 3.95. The lowest BCUT2D eigenvalue weighted by Crippen LogP contribution is -2.30. The summed E-state index contributed by atoms with van der Waals surface area (Å²) >= 11 is 0. The molecule has 0 unspecified atom stereocenters. The van der Waals surface area contributed by atoms with Gasteiger partial charge in [0.1, 0.15) is 5.78 Å². The first kappa shape index (κ1) is 19.2. The fourth-order valence-corrected chi connectivity index (χ4v) is 1.37. The third kappa shape index (κ3) is 14.8. The van der Waals surface area contributed by atoms with E-state index in [4.69, 9.17) is 0 Å². The van der Waals surface area contributed by atoms with E-state index in [1.807, 2.05) is 13.1 Å². The Balaban J connectivity index is 0. The molecule has 0 bridgehead atoms. The van der Waals surface area contributed by atoms with Gasteiger partial charge in [-0.1, -0.05) is 31.4 Å². The Kier molecular flexibility index (Phi) is 16.8. The summed E-state index contributed by atoms with van der Waals surface area (Å²) < 4.78 is 0. The summed E-state index contributed by atoms with van der Waals surface area (Å²) in [5.41, 5.74) is 0. The van der Waals surface area contributed by atoms with E-state index in [0.717, 1.165) is 32.5 Å². The highest BCUT2D eigenvalue weighted by molar-refractivity contribution is 5.78. The molecule has 0 atom stereocenters. The van der Waals surface area contributed by atoms with E-state index in [1.165, 1.54) is 0 Å². The van der Waals surface area contributed by atoms with Crippen molar-refractivity contribution >= 4 is 5.78 Å². The van der Waals surface area contributed by atoms with Crippen molar-refractivity contribution < 1.29 is 4.79 Å². The molecule has 3 nitrogen and oxygen atoms in total.